The van der Waals surface area contributed by atoms with Crippen LogP contribution in [0.15, 0.2) is 12.2 Å². The van der Waals surface area contributed by atoms with Crippen molar-refractivity contribution in [1.82, 2.24) is 0 Å². The van der Waals surface area contributed by atoms with E-state index in [9.17, 15) is 15.0 Å². The van der Waals surface area contributed by atoms with Gasteiger partial charge in [0.05, 0.1) is 18.6 Å². The fourth-order valence-corrected chi connectivity index (χ4v) is 4.75. The standard InChI is InChI=1S/C24H40O8/c25-20-16-21(32-24-11-5-8-14-30-24)18(19(20)15-22(26)27)9-3-1-2-6-12-28-17-31-23-10-4-7-13-29-23/h3,9,18-21,23-25H,1-2,4-8,10-17H2,(H,26,27)/t18-,19-,20+,21-,23?,24?/m1/s1. The van der Waals surface area contributed by atoms with Gasteiger partial charge in [0.2, 0.25) is 0 Å². The molecular weight excluding hydrogens is 416 g/mol. The van der Waals surface area contributed by atoms with Crippen LogP contribution in [0.2, 0.25) is 0 Å². The van der Waals surface area contributed by atoms with Gasteiger partial charge in [-0.25, -0.2) is 0 Å². The molecule has 6 atom stereocenters. The Morgan fingerprint density at radius 2 is 1.78 bits per heavy atom. The van der Waals surface area contributed by atoms with Gasteiger partial charge in [-0.3, -0.25) is 4.79 Å². The molecule has 184 valence electrons. The van der Waals surface area contributed by atoms with E-state index in [2.05, 4.69) is 6.08 Å². The Hall–Kier alpha value is -1.03. The van der Waals surface area contributed by atoms with Crippen molar-refractivity contribution in [3.05, 3.63) is 12.2 Å². The summed E-state index contributed by atoms with van der Waals surface area (Å²) in [5.74, 6) is -1.34. The monoisotopic (exact) mass is 456 g/mol. The molecule has 0 aromatic heterocycles. The van der Waals surface area contributed by atoms with E-state index in [-0.39, 0.29) is 43.7 Å². The van der Waals surface area contributed by atoms with Crippen LogP contribution in [0.5, 0.6) is 0 Å². The predicted octanol–water partition coefficient (Wildman–Crippen LogP) is 3.61. The van der Waals surface area contributed by atoms with Crippen LogP contribution in [0.25, 0.3) is 0 Å². The average molecular weight is 457 g/mol. The molecular formula is C24H40O8. The van der Waals surface area contributed by atoms with E-state index in [4.69, 9.17) is 23.7 Å². The van der Waals surface area contributed by atoms with E-state index in [0.717, 1.165) is 64.4 Å². The van der Waals surface area contributed by atoms with Gasteiger partial charge >= 0.3 is 5.97 Å². The highest BCUT2D eigenvalue weighted by Gasteiger charge is 2.43. The van der Waals surface area contributed by atoms with Crippen LogP contribution >= 0.6 is 0 Å². The van der Waals surface area contributed by atoms with Gasteiger partial charge in [-0.05, 0) is 57.8 Å². The zero-order valence-corrected chi connectivity index (χ0v) is 19.1. The molecule has 1 aliphatic carbocycles. The smallest absolute Gasteiger partial charge is 0.303 e. The van der Waals surface area contributed by atoms with Crippen molar-refractivity contribution in [3.63, 3.8) is 0 Å². The number of hydrogen-bond donors (Lipinski definition) is 2. The fraction of sp³-hybridized carbons (Fsp3) is 0.875. The molecule has 1 saturated carbocycles. The van der Waals surface area contributed by atoms with E-state index in [1.165, 1.54) is 0 Å². The second-order valence-corrected chi connectivity index (χ2v) is 9.03. The lowest BCUT2D eigenvalue weighted by atomic mass is 9.90. The molecule has 3 aliphatic rings. The van der Waals surface area contributed by atoms with E-state index in [0.29, 0.717) is 19.6 Å². The molecule has 3 fully saturated rings. The zero-order chi connectivity index (χ0) is 22.6. The molecule has 0 aromatic rings. The Morgan fingerprint density at radius 3 is 2.47 bits per heavy atom. The molecule has 0 radical (unpaired) electrons. The molecule has 0 amide bonds. The van der Waals surface area contributed by atoms with E-state index >= 15 is 0 Å². The molecule has 8 nitrogen and oxygen atoms in total. The number of carbonyl (C=O) groups is 1. The maximum atomic E-state index is 11.3. The molecule has 2 heterocycles. The Morgan fingerprint density at radius 1 is 1.03 bits per heavy atom. The van der Waals surface area contributed by atoms with Crippen LogP contribution in [0.1, 0.15) is 70.6 Å². The molecule has 2 aliphatic heterocycles. The third-order valence-corrected chi connectivity index (χ3v) is 6.51. The average Bonchev–Trinajstić information content (AvgIpc) is 3.07. The zero-order valence-electron chi connectivity index (χ0n) is 19.1. The largest absolute Gasteiger partial charge is 0.481 e. The maximum absolute atomic E-state index is 11.3. The topological polar surface area (TPSA) is 104 Å². The van der Waals surface area contributed by atoms with Gasteiger partial charge in [-0.15, -0.1) is 0 Å². The predicted molar refractivity (Wildman–Crippen MR) is 117 cm³/mol. The van der Waals surface area contributed by atoms with Crippen LogP contribution in [-0.4, -0.2) is 67.6 Å². The number of carboxylic acid groups (broad SMARTS) is 1. The van der Waals surface area contributed by atoms with Crippen LogP contribution < -0.4 is 0 Å². The molecule has 0 bridgehead atoms. The quantitative estimate of drug-likeness (QED) is 0.246. The molecule has 2 saturated heterocycles. The van der Waals surface area contributed by atoms with Gasteiger partial charge in [-0.1, -0.05) is 12.2 Å². The lowest BCUT2D eigenvalue weighted by Gasteiger charge is -2.29. The first-order valence-electron chi connectivity index (χ1n) is 12.3. The molecule has 0 aromatic carbocycles. The van der Waals surface area contributed by atoms with Gasteiger partial charge in [0, 0.05) is 38.1 Å². The summed E-state index contributed by atoms with van der Waals surface area (Å²) in [7, 11) is 0. The number of aliphatic carboxylic acids is 1. The van der Waals surface area contributed by atoms with Gasteiger partial charge in [-0.2, -0.15) is 0 Å². The van der Waals surface area contributed by atoms with Crippen LogP contribution in [-0.2, 0) is 28.5 Å². The maximum Gasteiger partial charge on any atom is 0.303 e. The minimum absolute atomic E-state index is 0.0555. The summed E-state index contributed by atoms with van der Waals surface area (Å²) in [6, 6.07) is 0. The lowest BCUT2D eigenvalue weighted by molar-refractivity contribution is -0.208. The Labute approximate surface area is 191 Å². The molecule has 3 rings (SSSR count). The number of carboxylic acids is 1. The Bertz CT molecular complexity index is 556. The number of aliphatic hydroxyl groups excluding tert-OH is 1. The summed E-state index contributed by atoms with van der Waals surface area (Å²) in [6.45, 7) is 2.36. The molecule has 0 spiro atoms. The summed E-state index contributed by atoms with van der Waals surface area (Å²) in [5.41, 5.74) is 0. The summed E-state index contributed by atoms with van der Waals surface area (Å²) >= 11 is 0. The Balaban J connectivity index is 1.36. The molecule has 2 unspecified atom stereocenters. The summed E-state index contributed by atoms with van der Waals surface area (Å²) in [4.78, 5) is 11.3. The van der Waals surface area contributed by atoms with Crippen molar-refractivity contribution in [2.45, 2.75) is 95.4 Å². The van der Waals surface area contributed by atoms with Crippen LogP contribution in [0.4, 0.5) is 0 Å². The second kappa shape index (κ2) is 14.3. The normalized spacial score (nSPS) is 33.7. The Kier molecular flexibility index (Phi) is 11.4. The SMILES string of the molecule is O=C(O)C[C@@H]1[C@@H](C=CCCCCOCOC2CCCCO2)[C@H](OC2CCCCO2)C[C@@H]1O. The highest BCUT2D eigenvalue weighted by atomic mass is 16.7. The van der Waals surface area contributed by atoms with Gasteiger partial charge in [0.15, 0.2) is 12.6 Å². The lowest BCUT2D eigenvalue weighted by Crippen LogP contribution is -2.31. The molecule has 8 heteroatoms. The van der Waals surface area contributed by atoms with E-state index in [1.54, 1.807) is 0 Å². The summed E-state index contributed by atoms with van der Waals surface area (Å²) in [5, 5.41) is 19.8. The highest BCUT2D eigenvalue weighted by Crippen LogP contribution is 2.39. The number of rotatable bonds is 13. The first kappa shape index (κ1) is 25.6. The van der Waals surface area contributed by atoms with Crippen molar-refractivity contribution in [2.24, 2.45) is 11.8 Å². The number of hydrogen-bond acceptors (Lipinski definition) is 7. The third kappa shape index (κ3) is 8.72. The molecule has 32 heavy (non-hydrogen) atoms. The number of unbranched alkanes of at least 4 members (excludes halogenated alkanes) is 2. The van der Waals surface area contributed by atoms with Gasteiger partial charge in [0.1, 0.15) is 6.79 Å². The summed E-state index contributed by atoms with van der Waals surface area (Å²) < 4.78 is 28.4. The van der Waals surface area contributed by atoms with Crippen LogP contribution in [0.3, 0.4) is 0 Å². The van der Waals surface area contributed by atoms with Gasteiger partial charge in [0.25, 0.3) is 0 Å². The van der Waals surface area contributed by atoms with E-state index in [1.807, 2.05) is 6.08 Å². The summed E-state index contributed by atoms with van der Waals surface area (Å²) in [6.07, 6.45) is 12.2. The van der Waals surface area contributed by atoms with Crippen molar-refractivity contribution >= 4 is 5.97 Å². The second-order valence-electron chi connectivity index (χ2n) is 9.03. The number of ether oxygens (including phenoxy) is 5. The van der Waals surface area contributed by atoms with Crippen molar-refractivity contribution < 1.29 is 38.7 Å². The minimum Gasteiger partial charge on any atom is -0.481 e. The van der Waals surface area contributed by atoms with E-state index < -0.39 is 12.1 Å². The highest BCUT2D eigenvalue weighted by molar-refractivity contribution is 5.67. The molecule has 2 N–H and O–H groups in total. The van der Waals surface area contributed by atoms with Crippen molar-refractivity contribution in [3.8, 4) is 0 Å². The minimum atomic E-state index is -0.889. The van der Waals surface area contributed by atoms with Crippen molar-refractivity contribution in [1.29, 1.82) is 0 Å². The number of aliphatic hydroxyl groups is 1. The fourth-order valence-electron chi connectivity index (χ4n) is 4.75. The first-order valence-corrected chi connectivity index (χ1v) is 12.3. The first-order chi connectivity index (χ1) is 15.6. The van der Waals surface area contributed by atoms with Gasteiger partial charge < -0.3 is 33.9 Å². The van der Waals surface area contributed by atoms with Crippen molar-refractivity contribution in [2.75, 3.05) is 26.6 Å². The van der Waals surface area contributed by atoms with Crippen LogP contribution in [0, 0.1) is 11.8 Å². The number of allylic oxidation sites excluding steroid dienone is 1. The third-order valence-electron chi connectivity index (χ3n) is 6.51.